The summed E-state index contributed by atoms with van der Waals surface area (Å²) in [6.45, 7) is 0. The third kappa shape index (κ3) is 2.40. The molecular formula is C16H15BrFNO. The number of anilines is 1. The highest BCUT2D eigenvalue weighted by atomic mass is 79.9. The highest BCUT2D eigenvalue weighted by molar-refractivity contribution is 9.10. The van der Waals surface area contributed by atoms with Gasteiger partial charge in [0.05, 0.1) is 18.8 Å². The van der Waals surface area contributed by atoms with E-state index in [1.807, 2.05) is 18.2 Å². The van der Waals surface area contributed by atoms with Crippen molar-refractivity contribution < 1.29 is 9.13 Å². The Hall–Kier alpha value is -1.55. The molecule has 1 unspecified atom stereocenters. The lowest BCUT2D eigenvalue weighted by atomic mass is 10.1. The number of halogens is 2. The number of para-hydroxylation sites is 1. The van der Waals surface area contributed by atoms with Crippen molar-refractivity contribution in [3.05, 3.63) is 57.8 Å². The normalized spacial score (nSPS) is 16.9. The standard InChI is InChI=1S/C16H15BrFNO/c1-20-11-7-5-10-6-8-15(12(10)9-11)19-16-13(17)3-2-4-14(16)18/h2-5,7,9,15,19H,6,8H2,1H3. The van der Waals surface area contributed by atoms with Gasteiger partial charge in [-0.3, -0.25) is 0 Å². The number of methoxy groups -OCH3 is 1. The van der Waals surface area contributed by atoms with Gasteiger partial charge in [0.2, 0.25) is 0 Å². The first-order chi connectivity index (χ1) is 9.69. The van der Waals surface area contributed by atoms with Crippen LogP contribution in [0.5, 0.6) is 5.75 Å². The number of nitrogens with one attached hydrogen (secondary N) is 1. The Morgan fingerprint density at radius 2 is 2.15 bits per heavy atom. The van der Waals surface area contributed by atoms with E-state index in [0.717, 1.165) is 23.1 Å². The summed E-state index contributed by atoms with van der Waals surface area (Å²) < 4.78 is 19.9. The Balaban J connectivity index is 1.92. The minimum absolute atomic E-state index is 0.119. The summed E-state index contributed by atoms with van der Waals surface area (Å²) in [4.78, 5) is 0. The first-order valence-corrected chi connectivity index (χ1v) is 7.35. The molecule has 0 aromatic heterocycles. The van der Waals surface area contributed by atoms with Crippen molar-refractivity contribution in [1.82, 2.24) is 0 Å². The van der Waals surface area contributed by atoms with Gasteiger partial charge in [-0.25, -0.2) is 4.39 Å². The first kappa shape index (κ1) is 13.4. The van der Waals surface area contributed by atoms with E-state index in [1.54, 1.807) is 13.2 Å². The quantitative estimate of drug-likeness (QED) is 0.877. The van der Waals surface area contributed by atoms with Crippen molar-refractivity contribution >= 4 is 21.6 Å². The third-order valence-electron chi connectivity index (χ3n) is 3.71. The van der Waals surface area contributed by atoms with Gasteiger partial charge in [0.15, 0.2) is 0 Å². The van der Waals surface area contributed by atoms with Crippen LogP contribution in [-0.4, -0.2) is 7.11 Å². The lowest BCUT2D eigenvalue weighted by molar-refractivity contribution is 0.414. The summed E-state index contributed by atoms with van der Waals surface area (Å²) in [5.41, 5.74) is 3.02. The van der Waals surface area contributed by atoms with Gasteiger partial charge in [0.1, 0.15) is 11.6 Å². The maximum Gasteiger partial charge on any atom is 0.147 e. The number of fused-ring (bicyclic) bond motifs is 1. The van der Waals surface area contributed by atoms with Gasteiger partial charge in [0.25, 0.3) is 0 Å². The maximum atomic E-state index is 13.9. The molecule has 0 bridgehead atoms. The van der Waals surface area contributed by atoms with Crippen LogP contribution in [-0.2, 0) is 6.42 Å². The number of hydrogen-bond donors (Lipinski definition) is 1. The first-order valence-electron chi connectivity index (χ1n) is 6.56. The Morgan fingerprint density at radius 3 is 2.90 bits per heavy atom. The molecule has 1 N–H and O–H groups in total. The predicted octanol–water partition coefficient (Wildman–Crippen LogP) is 4.70. The SMILES string of the molecule is COc1ccc2c(c1)C(Nc1c(F)cccc1Br)CC2. The molecule has 4 heteroatoms. The summed E-state index contributed by atoms with van der Waals surface area (Å²) in [6.07, 6.45) is 1.96. The van der Waals surface area contributed by atoms with Crippen molar-refractivity contribution in [1.29, 1.82) is 0 Å². The van der Waals surface area contributed by atoms with Crippen LogP contribution in [0, 0.1) is 5.82 Å². The van der Waals surface area contributed by atoms with Crippen LogP contribution in [0.2, 0.25) is 0 Å². The van der Waals surface area contributed by atoms with E-state index < -0.39 is 0 Å². The van der Waals surface area contributed by atoms with E-state index in [-0.39, 0.29) is 11.9 Å². The van der Waals surface area contributed by atoms with Crippen LogP contribution in [0.25, 0.3) is 0 Å². The van der Waals surface area contributed by atoms with Crippen LogP contribution in [0.3, 0.4) is 0 Å². The fraction of sp³-hybridized carbons (Fsp3) is 0.250. The lowest BCUT2D eigenvalue weighted by Gasteiger charge is -2.18. The number of ether oxygens (including phenoxy) is 1. The highest BCUT2D eigenvalue weighted by Crippen LogP contribution is 2.38. The molecule has 0 heterocycles. The van der Waals surface area contributed by atoms with Crippen LogP contribution < -0.4 is 10.1 Å². The van der Waals surface area contributed by atoms with Gasteiger partial charge in [-0.15, -0.1) is 0 Å². The predicted molar refractivity (Wildman–Crippen MR) is 81.8 cm³/mol. The summed E-state index contributed by atoms with van der Waals surface area (Å²) >= 11 is 3.40. The van der Waals surface area contributed by atoms with E-state index in [1.165, 1.54) is 17.2 Å². The molecule has 0 spiro atoms. The minimum atomic E-state index is -0.240. The van der Waals surface area contributed by atoms with E-state index >= 15 is 0 Å². The van der Waals surface area contributed by atoms with Crippen molar-refractivity contribution in [2.24, 2.45) is 0 Å². The molecule has 2 aromatic rings. The van der Waals surface area contributed by atoms with Crippen molar-refractivity contribution in [3.8, 4) is 5.75 Å². The molecule has 1 aliphatic carbocycles. The van der Waals surface area contributed by atoms with Gasteiger partial charge < -0.3 is 10.1 Å². The molecule has 1 aliphatic rings. The Morgan fingerprint density at radius 1 is 1.30 bits per heavy atom. The zero-order chi connectivity index (χ0) is 14.1. The van der Waals surface area contributed by atoms with Crippen LogP contribution >= 0.6 is 15.9 Å². The second kappa shape index (κ2) is 5.44. The molecule has 1 atom stereocenters. The van der Waals surface area contributed by atoms with Gasteiger partial charge in [-0.2, -0.15) is 0 Å². The van der Waals surface area contributed by atoms with E-state index in [9.17, 15) is 4.39 Å². The zero-order valence-electron chi connectivity index (χ0n) is 11.1. The molecule has 2 nitrogen and oxygen atoms in total. The molecule has 3 rings (SSSR count). The van der Waals surface area contributed by atoms with Gasteiger partial charge >= 0.3 is 0 Å². The molecule has 0 radical (unpaired) electrons. The van der Waals surface area contributed by atoms with Crippen LogP contribution in [0.1, 0.15) is 23.6 Å². The largest absolute Gasteiger partial charge is 0.497 e. The second-order valence-corrected chi connectivity index (χ2v) is 5.75. The minimum Gasteiger partial charge on any atom is -0.497 e. The Labute approximate surface area is 126 Å². The number of hydrogen-bond acceptors (Lipinski definition) is 2. The van der Waals surface area contributed by atoms with Gasteiger partial charge in [-0.1, -0.05) is 12.1 Å². The molecule has 20 heavy (non-hydrogen) atoms. The summed E-state index contributed by atoms with van der Waals surface area (Å²) in [5, 5.41) is 3.31. The topological polar surface area (TPSA) is 21.3 Å². The van der Waals surface area contributed by atoms with E-state index in [4.69, 9.17) is 4.74 Å². The lowest BCUT2D eigenvalue weighted by Crippen LogP contribution is -2.09. The summed E-state index contributed by atoms with van der Waals surface area (Å²) in [5.74, 6) is 0.598. The van der Waals surface area contributed by atoms with Crippen molar-refractivity contribution in [3.63, 3.8) is 0 Å². The average Bonchev–Trinajstić information content (AvgIpc) is 2.85. The molecule has 0 fully saturated rings. The molecule has 0 saturated heterocycles. The zero-order valence-corrected chi connectivity index (χ0v) is 12.7. The van der Waals surface area contributed by atoms with Crippen LogP contribution in [0.4, 0.5) is 10.1 Å². The molecule has 0 amide bonds. The smallest absolute Gasteiger partial charge is 0.147 e. The highest BCUT2D eigenvalue weighted by Gasteiger charge is 2.24. The maximum absolute atomic E-state index is 13.9. The number of benzene rings is 2. The molecular weight excluding hydrogens is 321 g/mol. The average molecular weight is 336 g/mol. The van der Waals surface area contributed by atoms with E-state index in [2.05, 4.69) is 27.3 Å². The summed E-state index contributed by atoms with van der Waals surface area (Å²) in [7, 11) is 1.66. The third-order valence-corrected chi connectivity index (χ3v) is 4.37. The summed E-state index contributed by atoms with van der Waals surface area (Å²) in [6, 6.07) is 11.2. The monoisotopic (exact) mass is 335 g/mol. The second-order valence-electron chi connectivity index (χ2n) is 4.90. The number of aryl methyl sites for hydroxylation is 1. The van der Waals surface area contributed by atoms with E-state index in [0.29, 0.717) is 5.69 Å². The van der Waals surface area contributed by atoms with Gasteiger partial charge in [0, 0.05) is 4.47 Å². The fourth-order valence-electron chi connectivity index (χ4n) is 2.67. The van der Waals surface area contributed by atoms with Crippen molar-refractivity contribution in [2.75, 3.05) is 12.4 Å². The Bertz CT molecular complexity index is 624. The van der Waals surface area contributed by atoms with Crippen molar-refractivity contribution in [2.45, 2.75) is 18.9 Å². The molecule has 104 valence electrons. The molecule has 0 saturated carbocycles. The molecule has 2 aromatic carbocycles. The van der Waals surface area contributed by atoms with Gasteiger partial charge in [-0.05, 0) is 64.2 Å². The fourth-order valence-corrected chi connectivity index (χ4v) is 3.12. The Kier molecular flexibility index (Phi) is 3.66. The van der Waals surface area contributed by atoms with Crippen LogP contribution in [0.15, 0.2) is 40.9 Å². The molecule has 0 aliphatic heterocycles. The number of rotatable bonds is 3.